The van der Waals surface area contributed by atoms with Crippen LogP contribution in [-0.4, -0.2) is 0 Å². The third kappa shape index (κ3) is 4.37. The molecule has 0 saturated carbocycles. The fraction of sp³-hybridized carbons (Fsp3) is 0.0769. The normalized spacial score (nSPS) is 13.7. The lowest BCUT2D eigenvalue weighted by Gasteiger charge is -2.14. The Balaban J connectivity index is 2.00. The molecular weight excluding hydrogens is 287 g/mol. The Morgan fingerprint density at radius 1 is 0.947 bits per heavy atom. The van der Waals surface area contributed by atoms with E-state index in [4.69, 9.17) is 20.9 Å². The predicted octanol–water partition coefficient (Wildman–Crippen LogP) is 4.56. The molecule has 1 unspecified atom stereocenters. The molecule has 0 aromatic heterocycles. The summed E-state index contributed by atoms with van der Waals surface area (Å²) in [5, 5.41) is 0. The topological polar surface area (TPSA) is 44.8 Å². The first-order valence-electron chi connectivity index (χ1n) is 5.55. The fourth-order valence-corrected chi connectivity index (χ4v) is 2.41. The van der Waals surface area contributed by atoms with E-state index in [2.05, 4.69) is 4.08 Å². The second kappa shape index (κ2) is 6.73. The van der Waals surface area contributed by atoms with Crippen LogP contribution in [0.15, 0.2) is 60.7 Å². The largest absolute Gasteiger partial charge is 0.547 e. The second-order valence-corrected chi connectivity index (χ2v) is 5.57. The van der Waals surface area contributed by atoms with Gasteiger partial charge in [-0.15, -0.1) is 0 Å². The van der Waals surface area contributed by atoms with Crippen LogP contribution < -0.4 is 4.52 Å². The van der Waals surface area contributed by atoms with Crippen LogP contribution in [0.2, 0.25) is 0 Å². The van der Waals surface area contributed by atoms with Gasteiger partial charge in [-0.3, -0.25) is 4.52 Å². The lowest BCUT2D eigenvalue weighted by molar-refractivity contribution is 0.206. The Hall–Kier alpha value is -1.32. The van der Waals surface area contributed by atoms with Crippen molar-refractivity contribution in [1.29, 1.82) is 0 Å². The van der Waals surface area contributed by atoms with Crippen molar-refractivity contribution in [3.63, 3.8) is 0 Å². The third-order valence-corrected chi connectivity index (χ3v) is 3.83. The van der Waals surface area contributed by atoms with E-state index in [1.165, 1.54) is 0 Å². The standard InChI is InChI=1S/C13H12ClO4P/c14-18-19(15,17-13-9-5-2-6-10-13)16-11-12-7-3-1-4-8-12/h1-10H,11H2. The number of hydrogen-bond donors (Lipinski definition) is 0. The van der Waals surface area contributed by atoms with Crippen molar-refractivity contribution in [2.45, 2.75) is 6.61 Å². The maximum Gasteiger partial charge on any atom is 0.547 e. The summed E-state index contributed by atoms with van der Waals surface area (Å²) in [6.07, 6.45) is 0. The highest BCUT2D eigenvalue weighted by molar-refractivity contribution is 7.49. The summed E-state index contributed by atoms with van der Waals surface area (Å²) < 4.78 is 26.8. The van der Waals surface area contributed by atoms with Gasteiger partial charge in [-0.2, -0.15) is 4.08 Å². The van der Waals surface area contributed by atoms with Crippen LogP contribution >= 0.6 is 19.7 Å². The van der Waals surface area contributed by atoms with Gasteiger partial charge < -0.3 is 4.52 Å². The SMILES string of the molecule is O=P(OCl)(OCc1ccccc1)Oc1ccccc1. The smallest absolute Gasteiger partial charge is 0.403 e. The zero-order valence-corrected chi connectivity index (χ0v) is 11.6. The van der Waals surface area contributed by atoms with E-state index < -0.39 is 7.82 Å². The summed E-state index contributed by atoms with van der Waals surface area (Å²) in [7, 11) is -3.82. The number of halogens is 1. The summed E-state index contributed by atoms with van der Waals surface area (Å²) in [4.78, 5) is 0. The van der Waals surface area contributed by atoms with Gasteiger partial charge in [0.2, 0.25) is 0 Å². The second-order valence-electron chi connectivity index (χ2n) is 3.68. The minimum atomic E-state index is -3.82. The number of phosphoric acid groups is 1. The molecule has 0 aliphatic heterocycles. The summed E-state index contributed by atoms with van der Waals surface area (Å²) in [5.74, 6) is 0.361. The van der Waals surface area contributed by atoms with Gasteiger partial charge in [-0.05, 0) is 17.7 Å². The average Bonchev–Trinajstić information content (AvgIpc) is 2.47. The molecule has 0 aliphatic carbocycles. The molecule has 0 spiro atoms. The van der Waals surface area contributed by atoms with Gasteiger partial charge in [-0.1, -0.05) is 48.5 Å². The van der Waals surface area contributed by atoms with E-state index in [-0.39, 0.29) is 6.61 Å². The van der Waals surface area contributed by atoms with E-state index >= 15 is 0 Å². The van der Waals surface area contributed by atoms with Crippen LogP contribution in [0, 0.1) is 0 Å². The highest BCUT2D eigenvalue weighted by atomic mass is 35.5. The number of phosphoric ester groups is 1. The molecule has 1 atom stereocenters. The molecule has 0 saturated heterocycles. The highest BCUT2D eigenvalue weighted by Gasteiger charge is 2.28. The van der Waals surface area contributed by atoms with Gasteiger partial charge in [0.25, 0.3) is 0 Å². The molecule has 0 amide bonds. The van der Waals surface area contributed by atoms with Gasteiger partial charge in [-0.25, -0.2) is 4.57 Å². The van der Waals surface area contributed by atoms with E-state index in [0.717, 1.165) is 5.56 Å². The fourth-order valence-electron chi connectivity index (χ4n) is 1.40. The summed E-state index contributed by atoms with van der Waals surface area (Å²) >= 11 is 5.21. The van der Waals surface area contributed by atoms with Crippen LogP contribution in [0.5, 0.6) is 5.75 Å². The number of benzene rings is 2. The quantitative estimate of drug-likeness (QED) is 0.733. The first-order valence-corrected chi connectivity index (χ1v) is 7.32. The Morgan fingerprint density at radius 3 is 2.11 bits per heavy atom. The van der Waals surface area contributed by atoms with Gasteiger partial charge in [0.05, 0.1) is 18.5 Å². The van der Waals surface area contributed by atoms with Crippen molar-refractivity contribution in [3.05, 3.63) is 66.2 Å². The Labute approximate surface area is 116 Å². The van der Waals surface area contributed by atoms with E-state index in [1.54, 1.807) is 24.3 Å². The lowest BCUT2D eigenvalue weighted by Crippen LogP contribution is -1.99. The van der Waals surface area contributed by atoms with Gasteiger partial charge in [0, 0.05) is 0 Å². The van der Waals surface area contributed by atoms with Crippen LogP contribution in [-0.2, 0) is 19.8 Å². The summed E-state index contributed by atoms with van der Waals surface area (Å²) in [6.45, 7) is 0.0810. The molecule has 0 aliphatic rings. The van der Waals surface area contributed by atoms with Gasteiger partial charge in [0.1, 0.15) is 5.75 Å². The minimum absolute atomic E-state index is 0.0810. The molecule has 2 aromatic carbocycles. The van der Waals surface area contributed by atoms with Crippen LogP contribution in [0.25, 0.3) is 0 Å². The molecule has 0 fully saturated rings. The highest BCUT2D eigenvalue weighted by Crippen LogP contribution is 2.51. The van der Waals surface area contributed by atoms with Crippen molar-refractivity contribution in [3.8, 4) is 5.75 Å². The minimum Gasteiger partial charge on any atom is -0.403 e. The van der Waals surface area contributed by atoms with Crippen molar-refractivity contribution >= 4 is 19.7 Å². The van der Waals surface area contributed by atoms with Crippen LogP contribution in [0.1, 0.15) is 5.56 Å². The molecule has 100 valence electrons. The molecule has 0 bridgehead atoms. The van der Waals surface area contributed by atoms with Crippen molar-refractivity contribution in [2.24, 2.45) is 0 Å². The zero-order valence-electron chi connectivity index (χ0n) is 9.94. The van der Waals surface area contributed by atoms with E-state index in [1.807, 2.05) is 36.4 Å². The van der Waals surface area contributed by atoms with Crippen LogP contribution in [0.3, 0.4) is 0 Å². The summed E-state index contributed by atoms with van der Waals surface area (Å²) in [6, 6.07) is 17.8. The Kier molecular flexibility index (Phi) is 5.00. The first kappa shape index (κ1) is 14.1. The van der Waals surface area contributed by atoms with Crippen molar-refractivity contribution in [1.82, 2.24) is 0 Å². The predicted molar refractivity (Wildman–Crippen MR) is 72.8 cm³/mol. The van der Waals surface area contributed by atoms with Crippen LogP contribution in [0.4, 0.5) is 0 Å². The van der Waals surface area contributed by atoms with Gasteiger partial charge in [0.15, 0.2) is 0 Å². The molecule has 2 aromatic rings. The molecule has 0 radical (unpaired) electrons. The molecular formula is C13H12ClO4P. The zero-order chi connectivity index (χ0) is 13.6. The molecule has 0 heterocycles. The summed E-state index contributed by atoms with van der Waals surface area (Å²) in [5.41, 5.74) is 0.841. The lowest BCUT2D eigenvalue weighted by atomic mass is 10.2. The molecule has 2 rings (SSSR count). The number of rotatable bonds is 6. The molecule has 6 heteroatoms. The molecule has 0 N–H and O–H groups in total. The van der Waals surface area contributed by atoms with Crippen molar-refractivity contribution in [2.75, 3.05) is 0 Å². The van der Waals surface area contributed by atoms with Crippen molar-refractivity contribution < 1.29 is 17.7 Å². The molecule has 19 heavy (non-hydrogen) atoms. The average molecular weight is 299 g/mol. The Morgan fingerprint density at radius 2 is 1.53 bits per heavy atom. The molecule has 4 nitrogen and oxygen atoms in total. The van der Waals surface area contributed by atoms with E-state index in [9.17, 15) is 4.57 Å². The number of hydrogen-bond acceptors (Lipinski definition) is 4. The third-order valence-electron chi connectivity index (χ3n) is 2.28. The van der Waals surface area contributed by atoms with E-state index in [0.29, 0.717) is 5.75 Å². The Bertz CT molecular complexity index is 547. The monoisotopic (exact) mass is 298 g/mol. The maximum absolute atomic E-state index is 12.1. The van der Waals surface area contributed by atoms with Gasteiger partial charge >= 0.3 is 7.82 Å². The first-order chi connectivity index (χ1) is 9.22. The maximum atomic E-state index is 12.1. The number of para-hydroxylation sites is 1.